The first-order valence-corrected chi connectivity index (χ1v) is 7.74. The van der Waals surface area contributed by atoms with Gasteiger partial charge in [-0.2, -0.15) is 0 Å². The zero-order valence-electron chi connectivity index (χ0n) is 9.65. The fourth-order valence-corrected chi connectivity index (χ4v) is 2.57. The van der Waals surface area contributed by atoms with Crippen molar-refractivity contribution in [2.75, 3.05) is 6.61 Å². The molecule has 0 saturated heterocycles. The minimum Gasteiger partial charge on any atom is -0.492 e. The number of primary sulfonamides is 1. The maximum absolute atomic E-state index is 11.4. The van der Waals surface area contributed by atoms with Crippen molar-refractivity contribution in [1.29, 1.82) is 0 Å². The van der Waals surface area contributed by atoms with Crippen LogP contribution in [0.25, 0.3) is 0 Å². The van der Waals surface area contributed by atoms with Crippen LogP contribution in [-0.2, 0) is 10.0 Å². The number of ether oxygens (including phenoxy) is 1. The number of sulfonamides is 1. The molecule has 4 nitrogen and oxygen atoms in total. The van der Waals surface area contributed by atoms with E-state index in [9.17, 15) is 8.42 Å². The highest BCUT2D eigenvalue weighted by atomic mass is 79.9. The Balaban J connectivity index is 2.84. The molecular formula is C11H16BrNO3S. The molecule has 0 fully saturated rings. The Kier molecular flexibility index (Phi) is 5.42. The molecule has 0 heterocycles. The van der Waals surface area contributed by atoms with Crippen molar-refractivity contribution in [3.05, 3.63) is 22.7 Å². The van der Waals surface area contributed by atoms with E-state index in [1.165, 1.54) is 6.07 Å². The van der Waals surface area contributed by atoms with Gasteiger partial charge in [0.15, 0.2) is 0 Å². The molecule has 0 bridgehead atoms. The van der Waals surface area contributed by atoms with Gasteiger partial charge in [0.2, 0.25) is 10.0 Å². The van der Waals surface area contributed by atoms with Gasteiger partial charge in [-0.3, -0.25) is 0 Å². The molecule has 0 radical (unpaired) electrons. The van der Waals surface area contributed by atoms with Crippen LogP contribution in [0.15, 0.2) is 27.6 Å². The van der Waals surface area contributed by atoms with Crippen LogP contribution in [0.1, 0.15) is 26.2 Å². The summed E-state index contributed by atoms with van der Waals surface area (Å²) in [4.78, 5) is 0.0170. The number of unbranched alkanes of at least 4 members (excludes halogenated alkanes) is 2. The predicted octanol–water partition coefficient (Wildman–Crippen LogP) is 2.67. The van der Waals surface area contributed by atoms with E-state index >= 15 is 0 Å². The van der Waals surface area contributed by atoms with Crippen molar-refractivity contribution in [2.45, 2.75) is 31.1 Å². The van der Waals surface area contributed by atoms with Crippen LogP contribution in [0.3, 0.4) is 0 Å². The van der Waals surface area contributed by atoms with Crippen molar-refractivity contribution in [3.63, 3.8) is 0 Å². The summed E-state index contributed by atoms with van der Waals surface area (Å²) < 4.78 is 28.8. The molecule has 2 N–H and O–H groups in total. The zero-order chi connectivity index (χ0) is 12.9. The first-order valence-electron chi connectivity index (χ1n) is 5.40. The molecule has 1 rings (SSSR count). The van der Waals surface area contributed by atoms with Crippen molar-refractivity contribution < 1.29 is 13.2 Å². The van der Waals surface area contributed by atoms with Gasteiger partial charge in [-0.05, 0) is 24.6 Å². The Labute approximate surface area is 110 Å². The normalized spacial score (nSPS) is 11.5. The lowest BCUT2D eigenvalue weighted by Crippen LogP contribution is -2.14. The Morgan fingerprint density at radius 3 is 2.65 bits per heavy atom. The highest BCUT2D eigenvalue weighted by molar-refractivity contribution is 9.10. The SMILES string of the molecule is CCCCCOc1ccc(Br)cc1S(N)(=O)=O. The molecule has 1 aromatic rings. The van der Waals surface area contributed by atoms with Crippen LogP contribution in [0.4, 0.5) is 0 Å². The highest BCUT2D eigenvalue weighted by Crippen LogP contribution is 2.26. The third-order valence-corrected chi connectivity index (χ3v) is 3.64. The number of halogens is 1. The molecule has 0 amide bonds. The van der Waals surface area contributed by atoms with Crippen molar-refractivity contribution >= 4 is 26.0 Å². The van der Waals surface area contributed by atoms with E-state index in [1.54, 1.807) is 12.1 Å². The molecule has 17 heavy (non-hydrogen) atoms. The number of hydrogen-bond donors (Lipinski definition) is 1. The monoisotopic (exact) mass is 321 g/mol. The topological polar surface area (TPSA) is 69.4 Å². The van der Waals surface area contributed by atoms with Gasteiger partial charge in [0, 0.05) is 4.47 Å². The van der Waals surface area contributed by atoms with Crippen molar-refractivity contribution in [2.24, 2.45) is 5.14 Å². The second-order valence-electron chi connectivity index (χ2n) is 3.69. The molecule has 1 aromatic carbocycles. The summed E-state index contributed by atoms with van der Waals surface area (Å²) in [5.41, 5.74) is 0. The molecule has 0 atom stereocenters. The van der Waals surface area contributed by atoms with E-state index < -0.39 is 10.0 Å². The highest BCUT2D eigenvalue weighted by Gasteiger charge is 2.15. The predicted molar refractivity (Wildman–Crippen MR) is 70.5 cm³/mol. The largest absolute Gasteiger partial charge is 0.492 e. The lowest BCUT2D eigenvalue weighted by atomic mass is 10.3. The van der Waals surface area contributed by atoms with Crippen molar-refractivity contribution in [3.8, 4) is 5.75 Å². The zero-order valence-corrected chi connectivity index (χ0v) is 12.1. The Bertz CT molecular complexity index is 474. The standard InChI is InChI=1S/C11H16BrNO3S/c1-2-3-4-7-16-10-6-5-9(12)8-11(10)17(13,14)15/h5-6,8H,2-4,7H2,1H3,(H2,13,14,15). The number of hydrogen-bond acceptors (Lipinski definition) is 3. The maximum Gasteiger partial charge on any atom is 0.241 e. The molecule has 0 aliphatic rings. The second-order valence-corrected chi connectivity index (χ2v) is 6.14. The average molecular weight is 322 g/mol. The van der Waals surface area contributed by atoms with Crippen LogP contribution in [0.5, 0.6) is 5.75 Å². The smallest absolute Gasteiger partial charge is 0.241 e. The van der Waals surface area contributed by atoms with Crippen molar-refractivity contribution in [1.82, 2.24) is 0 Å². The molecule has 0 saturated carbocycles. The summed E-state index contributed by atoms with van der Waals surface area (Å²) in [6.45, 7) is 2.59. The van der Waals surface area contributed by atoms with Gasteiger partial charge in [0.25, 0.3) is 0 Å². The summed E-state index contributed by atoms with van der Waals surface area (Å²) in [7, 11) is -3.75. The molecule has 0 aromatic heterocycles. The first kappa shape index (κ1) is 14.5. The van der Waals surface area contributed by atoms with E-state index in [0.29, 0.717) is 16.8 Å². The molecule has 0 unspecified atom stereocenters. The Hall–Kier alpha value is -0.590. The van der Waals surface area contributed by atoms with Gasteiger partial charge in [-0.15, -0.1) is 0 Å². The number of benzene rings is 1. The quantitative estimate of drug-likeness (QED) is 0.819. The van der Waals surface area contributed by atoms with Gasteiger partial charge in [-0.25, -0.2) is 13.6 Å². The van der Waals surface area contributed by atoms with Crippen LogP contribution < -0.4 is 9.88 Å². The van der Waals surface area contributed by atoms with Crippen LogP contribution >= 0.6 is 15.9 Å². The van der Waals surface area contributed by atoms with E-state index in [4.69, 9.17) is 9.88 Å². The van der Waals surface area contributed by atoms with E-state index in [-0.39, 0.29) is 4.90 Å². The van der Waals surface area contributed by atoms with E-state index in [2.05, 4.69) is 22.9 Å². The van der Waals surface area contributed by atoms with E-state index in [0.717, 1.165) is 19.3 Å². The molecule has 96 valence electrons. The average Bonchev–Trinajstić information content (AvgIpc) is 2.25. The third kappa shape index (κ3) is 4.65. The fourth-order valence-electron chi connectivity index (χ4n) is 1.36. The summed E-state index contributed by atoms with van der Waals surface area (Å²) in [6, 6.07) is 4.78. The minimum atomic E-state index is -3.75. The summed E-state index contributed by atoms with van der Waals surface area (Å²) >= 11 is 3.21. The van der Waals surface area contributed by atoms with Gasteiger partial charge in [-0.1, -0.05) is 35.7 Å². The van der Waals surface area contributed by atoms with Gasteiger partial charge in [0.05, 0.1) is 6.61 Å². The lowest BCUT2D eigenvalue weighted by molar-refractivity contribution is 0.298. The van der Waals surface area contributed by atoms with Gasteiger partial charge < -0.3 is 4.74 Å². The number of nitrogens with two attached hydrogens (primary N) is 1. The summed E-state index contributed by atoms with van der Waals surface area (Å²) in [5.74, 6) is 0.312. The van der Waals surface area contributed by atoms with Crippen LogP contribution in [-0.4, -0.2) is 15.0 Å². The van der Waals surface area contributed by atoms with Gasteiger partial charge in [0.1, 0.15) is 10.6 Å². The van der Waals surface area contributed by atoms with Crippen LogP contribution in [0.2, 0.25) is 0 Å². The Morgan fingerprint density at radius 1 is 1.35 bits per heavy atom. The minimum absolute atomic E-state index is 0.0170. The molecular weight excluding hydrogens is 306 g/mol. The molecule has 0 spiro atoms. The number of rotatable bonds is 6. The van der Waals surface area contributed by atoms with Gasteiger partial charge >= 0.3 is 0 Å². The first-order chi connectivity index (χ1) is 7.95. The van der Waals surface area contributed by atoms with Crippen LogP contribution in [0, 0.1) is 0 Å². The molecule has 0 aliphatic carbocycles. The Morgan fingerprint density at radius 2 is 2.06 bits per heavy atom. The molecule has 6 heteroatoms. The fraction of sp³-hybridized carbons (Fsp3) is 0.455. The lowest BCUT2D eigenvalue weighted by Gasteiger charge is -2.10. The molecule has 0 aliphatic heterocycles. The van der Waals surface area contributed by atoms with E-state index in [1.807, 2.05) is 0 Å². The second kappa shape index (κ2) is 6.37. The maximum atomic E-state index is 11.4. The third-order valence-electron chi connectivity index (χ3n) is 2.22. The summed E-state index contributed by atoms with van der Waals surface area (Å²) in [6.07, 6.45) is 3.05. The summed E-state index contributed by atoms with van der Waals surface area (Å²) in [5, 5.41) is 5.13.